The molecule has 2 aliphatic rings. The number of alkyl halides is 2. The normalized spacial score (nSPS) is 33.2. The molecule has 4 heteroatoms. The summed E-state index contributed by atoms with van der Waals surface area (Å²) in [5, 5.41) is 3.08. The van der Waals surface area contributed by atoms with Gasteiger partial charge in [0.2, 0.25) is 0 Å². The molecular formula is C8H8Cl2N2. The maximum absolute atomic E-state index is 5.87. The molecule has 0 fully saturated rings. The Morgan fingerprint density at radius 3 is 3.17 bits per heavy atom. The Hall–Kier alpha value is -0.470. The third-order valence-electron chi connectivity index (χ3n) is 1.81. The number of nitrogens with zero attached hydrogens (tertiary/aromatic N) is 1. The summed E-state index contributed by atoms with van der Waals surface area (Å²) >= 11 is 11.7. The molecule has 2 atom stereocenters. The predicted octanol–water partition coefficient (Wildman–Crippen LogP) is 2.00. The van der Waals surface area contributed by atoms with E-state index in [2.05, 4.69) is 16.4 Å². The molecule has 0 radical (unpaired) electrons. The van der Waals surface area contributed by atoms with E-state index in [1.165, 1.54) is 0 Å². The molecule has 0 saturated heterocycles. The van der Waals surface area contributed by atoms with Gasteiger partial charge in [0.05, 0.1) is 11.4 Å². The molecule has 1 N–H and O–H groups in total. The molecule has 1 heterocycles. The fraction of sp³-hybridized carbons (Fsp3) is 0.375. The van der Waals surface area contributed by atoms with Crippen LogP contribution in [-0.4, -0.2) is 16.7 Å². The van der Waals surface area contributed by atoms with Crippen molar-refractivity contribution < 1.29 is 0 Å². The van der Waals surface area contributed by atoms with Gasteiger partial charge in [-0.15, -0.1) is 0 Å². The zero-order valence-corrected chi connectivity index (χ0v) is 7.81. The van der Waals surface area contributed by atoms with Gasteiger partial charge in [-0.2, -0.15) is 0 Å². The first kappa shape index (κ1) is 8.14. The molecule has 1 aliphatic carbocycles. The Labute approximate surface area is 81.0 Å². The summed E-state index contributed by atoms with van der Waals surface area (Å²) in [6.07, 6.45) is 6.98. The van der Waals surface area contributed by atoms with E-state index in [0.717, 1.165) is 17.8 Å². The van der Waals surface area contributed by atoms with Gasteiger partial charge in [-0.25, -0.2) is 0 Å². The van der Waals surface area contributed by atoms with E-state index >= 15 is 0 Å². The van der Waals surface area contributed by atoms with Gasteiger partial charge in [-0.3, -0.25) is 4.99 Å². The molecule has 2 unspecified atom stereocenters. The van der Waals surface area contributed by atoms with Crippen molar-refractivity contribution in [3.8, 4) is 0 Å². The standard InChI is InChI=1S/C8H8Cl2N2/c9-7-8(10)12-6-4-2-1-3-5(6)11-7/h1,3-4,7-8,12H,2H2. The summed E-state index contributed by atoms with van der Waals surface area (Å²) in [6.45, 7) is 0. The Morgan fingerprint density at radius 1 is 1.50 bits per heavy atom. The van der Waals surface area contributed by atoms with Crippen molar-refractivity contribution in [3.63, 3.8) is 0 Å². The molecule has 0 aromatic carbocycles. The summed E-state index contributed by atoms with van der Waals surface area (Å²) in [4.78, 5) is 4.22. The number of hydrogen-bond donors (Lipinski definition) is 1. The Balaban J connectivity index is 2.32. The Kier molecular flexibility index (Phi) is 2.11. The topological polar surface area (TPSA) is 24.4 Å². The highest BCUT2D eigenvalue weighted by molar-refractivity contribution is 6.31. The molecule has 0 aromatic rings. The van der Waals surface area contributed by atoms with E-state index in [9.17, 15) is 0 Å². The number of hydrogen-bond acceptors (Lipinski definition) is 2. The Morgan fingerprint density at radius 2 is 2.33 bits per heavy atom. The fourth-order valence-electron chi connectivity index (χ4n) is 1.22. The van der Waals surface area contributed by atoms with Crippen molar-refractivity contribution in [1.82, 2.24) is 5.32 Å². The quantitative estimate of drug-likeness (QED) is 0.472. The number of halogens is 2. The average Bonchev–Trinajstić information content (AvgIpc) is 2.07. The van der Waals surface area contributed by atoms with E-state index < -0.39 is 0 Å². The van der Waals surface area contributed by atoms with Crippen LogP contribution in [0.15, 0.2) is 28.9 Å². The van der Waals surface area contributed by atoms with E-state index in [1.807, 2.05) is 12.2 Å². The smallest absolute Gasteiger partial charge is 0.158 e. The summed E-state index contributed by atoms with van der Waals surface area (Å²) in [5.41, 5.74) is 1.22. The van der Waals surface area contributed by atoms with Crippen LogP contribution in [0.1, 0.15) is 6.42 Å². The highest BCUT2D eigenvalue weighted by atomic mass is 35.5. The third-order valence-corrected chi connectivity index (χ3v) is 2.63. The van der Waals surface area contributed by atoms with Crippen molar-refractivity contribution in [2.75, 3.05) is 0 Å². The third kappa shape index (κ3) is 1.37. The lowest BCUT2D eigenvalue weighted by Gasteiger charge is -2.25. The van der Waals surface area contributed by atoms with Crippen LogP contribution in [0.2, 0.25) is 0 Å². The van der Waals surface area contributed by atoms with Crippen LogP contribution in [0, 0.1) is 0 Å². The van der Waals surface area contributed by atoms with Crippen molar-refractivity contribution in [1.29, 1.82) is 0 Å². The van der Waals surface area contributed by atoms with Crippen LogP contribution in [-0.2, 0) is 0 Å². The molecule has 12 heavy (non-hydrogen) atoms. The molecule has 2 rings (SSSR count). The largest absolute Gasteiger partial charge is 0.365 e. The molecule has 0 amide bonds. The van der Waals surface area contributed by atoms with Gasteiger partial charge >= 0.3 is 0 Å². The van der Waals surface area contributed by atoms with Crippen LogP contribution in [0.3, 0.4) is 0 Å². The van der Waals surface area contributed by atoms with Crippen LogP contribution < -0.4 is 5.32 Å². The molecule has 2 nitrogen and oxygen atoms in total. The number of fused-ring (bicyclic) bond motifs is 1. The number of rotatable bonds is 0. The van der Waals surface area contributed by atoms with Crippen LogP contribution >= 0.6 is 23.2 Å². The van der Waals surface area contributed by atoms with E-state index in [0.29, 0.717) is 0 Å². The van der Waals surface area contributed by atoms with Crippen molar-refractivity contribution in [2.24, 2.45) is 4.99 Å². The monoisotopic (exact) mass is 202 g/mol. The SMILES string of the molecule is ClC1N=C2C=CCC=C2NC1Cl. The number of allylic oxidation sites excluding steroid dienone is 3. The second-order valence-electron chi connectivity index (χ2n) is 2.69. The first-order valence-corrected chi connectivity index (χ1v) is 4.64. The molecular weight excluding hydrogens is 195 g/mol. The predicted molar refractivity (Wildman–Crippen MR) is 51.7 cm³/mol. The molecule has 1 aliphatic heterocycles. The summed E-state index contributed by atoms with van der Waals surface area (Å²) in [7, 11) is 0. The fourth-order valence-corrected chi connectivity index (χ4v) is 1.56. The first-order chi connectivity index (χ1) is 5.77. The summed E-state index contributed by atoms with van der Waals surface area (Å²) in [5.74, 6) is 0. The van der Waals surface area contributed by atoms with Gasteiger partial charge < -0.3 is 5.32 Å². The second-order valence-corrected chi connectivity index (χ2v) is 3.61. The van der Waals surface area contributed by atoms with Crippen LogP contribution in [0.4, 0.5) is 0 Å². The van der Waals surface area contributed by atoms with Crippen molar-refractivity contribution in [2.45, 2.75) is 17.4 Å². The molecule has 0 aromatic heterocycles. The van der Waals surface area contributed by atoms with Gasteiger partial charge in [0, 0.05) is 0 Å². The minimum Gasteiger partial charge on any atom is -0.365 e. The van der Waals surface area contributed by atoms with Gasteiger partial charge in [0.1, 0.15) is 5.50 Å². The van der Waals surface area contributed by atoms with Crippen molar-refractivity contribution >= 4 is 28.9 Å². The van der Waals surface area contributed by atoms with Crippen LogP contribution in [0.25, 0.3) is 0 Å². The maximum Gasteiger partial charge on any atom is 0.158 e. The van der Waals surface area contributed by atoms with Gasteiger partial charge in [-0.05, 0) is 12.5 Å². The number of nitrogens with one attached hydrogen (secondary N) is 1. The minimum atomic E-state index is -0.374. The molecule has 0 spiro atoms. The lowest BCUT2D eigenvalue weighted by atomic mass is 10.1. The average molecular weight is 203 g/mol. The minimum absolute atomic E-state index is 0.298. The van der Waals surface area contributed by atoms with Gasteiger partial charge in [0.15, 0.2) is 5.50 Å². The summed E-state index contributed by atoms with van der Waals surface area (Å²) < 4.78 is 0. The molecule has 0 bridgehead atoms. The number of aliphatic imine (C=N–C) groups is 1. The van der Waals surface area contributed by atoms with Crippen molar-refractivity contribution in [3.05, 3.63) is 23.9 Å². The van der Waals surface area contributed by atoms with Crippen LogP contribution in [0.5, 0.6) is 0 Å². The van der Waals surface area contributed by atoms with E-state index in [4.69, 9.17) is 23.2 Å². The van der Waals surface area contributed by atoms with Gasteiger partial charge in [-0.1, -0.05) is 35.4 Å². The zero-order valence-electron chi connectivity index (χ0n) is 6.30. The highest BCUT2D eigenvalue weighted by Crippen LogP contribution is 2.20. The maximum atomic E-state index is 5.87. The highest BCUT2D eigenvalue weighted by Gasteiger charge is 2.24. The lowest BCUT2D eigenvalue weighted by molar-refractivity contribution is 0.689. The van der Waals surface area contributed by atoms with Gasteiger partial charge in [0.25, 0.3) is 0 Å². The molecule has 64 valence electrons. The lowest BCUT2D eigenvalue weighted by Crippen LogP contribution is -2.38. The zero-order chi connectivity index (χ0) is 8.55. The first-order valence-electron chi connectivity index (χ1n) is 3.77. The second kappa shape index (κ2) is 3.11. The summed E-state index contributed by atoms with van der Waals surface area (Å²) in [6, 6.07) is 0. The van der Waals surface area contributed by atoms with E-state index in [1.54, 1.807) is 0 Å². The molecule has 0 saturated carbocycles. The Bertz CT molecular complexity index is 281. The van der Waals surface area contributed by atoms with E-state index in [-0.39, 0.29) is 11.0 Å².